The van der Waals surface area contributed by atoms with Crippen LogP contribution in [0.15, 0.2) is 35.3 Å². The number of benzene rings is 1. The third kappa shape index (κ3) is 2.87. The molecule has 0 heterocycles. The van der Waals surface area contributed by atoms with Gasteiger partial charge in [0.05, 0.1) is 5.69 Å². The van der Waals surface area contributed by atoms with Gasteiger partial charge in [-0.05, 0) is 12.1 Å². The largest absolute Gasteiger partial charge is 0.366 e. The van der Waals surface area contributed by atoms with E-state index in [1.54, 1.807) is 0 Å². The van der Waals surface area contributed by atoms with Crippen LogP contribution in [-0.2, 0) is 0 Å². The number of nitrogens with zero attached hydrogens (tertiary/aromatic N) is 2. The topological polar surface area (TPSA) is 15.6 Å². The lowest BCUT2D eigenvalue weighted by atomic mass is 10.2. The van der Waals surface area contributed by atoms with E-state index in [9.17, 15) is 0 Å². The van der Waals surface area contributed by atoms with E-state index >= 15 is 0 Å². The summed E-state index contributed by atoms with van der Waals surface area (Å²) in [6, 6.07) is 10.1. The molecule has 0 aliphatic heterocycles. The van der Waals surface area contributed by atoms with Crippen LogP contribution < -0.4 is 0 Å². The van der Waals surface area contributed by atoms with E-state index in [-0.39, 0.29) is 0 Å². The fourth-order valence-corrected chi connectivity index (χ4v) is 1.38. The molecule has 1 aromatic rings. The van der Waals surface area contributed by atoms with Crippen molar-refractivity contribution in [3.8, 4) is 0 Å². The third-order valence-electron chi connectivity index (χ3n) is 1.97. The highest BCUT2D eigenvalue weighted by Gasteiger charge is 2.06. The van der Waals surface area contributed by atoms with Gasteiger partial charge in [-0.3, -0.25) is 0 Å². The van der Waals surface area contributed by atoms with E-state index in [2.05, 4.69) is 23.7 Å². The SMILES string of the molecule is CC(C)C(=Nc1ccccc1)N(C)C. The van der Waals surface area contributed by atoms with Crippen molar-refractivity contribution in [1.82, 2.24) is 4.90 Å². The van der Waals surface area contributed by atoms with Crippen molar-refractivity contribution in [2.75, 3.05) is 14.1 Å². The van der Waals surface area contributed by atoms with Gasteiger partial charge in [-0.25, -0.2) is 4.99 Å². The zero-order valence-corrected chi connectivity index (χ0v) is 9.36. The number of hydrogen-bond donors (Lipinski definition) is 0. The van der Waals surface area contributed by atoms with E-state index in [1.807, 2.05) is 44.4 Å². The molecule has 76 valence electrons. The molecule has 0 aromatic heterocycles. The molecule has 0 aliphatic rings. The minimum atomic E-state index is 0.449. The predicted octanol–water partition coefficient (Wildman–Crippen LogP) is 2.93. The van der Waals surface area contributed by atoms with Crippen LogP contribution in [0.1, 0.15) is 13.8 Å². The highest BCUT2D eigenvalue weighted by atomic mass is 15.1. The second-order valence-corrected chi connectivity index (χ2v) is 3.85. The molecular weight excluding hydrogens is 172 g/mol. The first-order valence-corrected chi connectivity index (χ1v) is 4.92. The summed E-state index contributed by atoms with van der Waals surface area (Å²) in [7, 11) is 4.06. The molecule has 0 unspecified atom stereocenters. The van der Waals surface area contributed by atoms with Gasteiger partial charge in [0.1, 0.15) is 5.84 Å². The summed E-state index contributed by atoms with van der Waals surface area (Å²) in [5, 5.41) is 0. The molecule has 1 aromatic carbocycles. The molecule has 0 aliphatic carbocycles. The van der Waals surface area contributed by atoms with E-state index in [4.69, 9.17) is 0 Å². The molecular formula is C12H18N2. The first kappa shape index (κ1) is 10.8. The van der Waals surface area contributed by atoms with Gasteiger partial charge in [0.15, 0.2) is 0 Å². The first-order valence-electron chi connectivity index (χ1n) is 4.92. The Morgan fingerprint density at radius 1 is 1.14 bits per heavy atom. The molecule has 0 saturated heterocycles. The maximum absolute atomic E-state index is 4.60. The minimum Gasteiger partial charge on any atom is -0.366 e. The predicted molar refractivity (Wildman–Crippen MR) is 62.1 cm³/mol. The molecule has 1 rings (SSSR count). The van der Waals surface area contributed by atoms with Gasteiger partial charge in [-0.15, -0.1) is 0 Å². The van der Waals surface area contributed by atoms with Crippen molar-refractivity contribution >= 4 is 11.5 Å². The first-order chi connectivity index (χ1) is 6.61. The van der Waals surface area contributed by atoms with Crippen LogP contribution >= 0.6 is 0 Å². The highest BCUT2D eigenvalue weighted by molar-refractivity contribution is 5.86. The zero-order valence-electron chi connectivity index (χ0n) is 9.36. The van der Waals surface area contributed by atoms with E-state index in [1.165, 1.54) is 0 Å². The van der Waals surface area contributed by atoms with E-state index in [0.29, 0.717) is 5.92 Å². The standard InChI is InChI=1S/C12H18N2/c1-10(2)12(14(3)4)13-11-8-6-5-7-9-11/h5-10H,1-4H3. The van der Waals surface area contributed by atoms with Gasteiger partial charge in [0.2, 0.25) is 0 Å². The third-order valence-corrected chi connectivity index (χ3v) is 1.97. The summed E-state index contributed by atoms with van der Waals surface area (Å²) in [4.78, 5) is 6.67. The van der Waals surface area contributed by atoms with Crippen LogP contribution in [0.2, 0.25) is 0 Å². The number of aliphatic imine (C=N–C) groups is 1. The Bertz CT molecular complexity index is 289. The van der Waals surface area contributed by atoms with Crippen LogP contribution in [0.4, 0.5) is 5.69 Å². The van der Waals surface area contributed by atoms with Crippen LogP contribution in [0.25, 0.3) is 0 Å². The van der Waals surface area contributed by atoms with Gasteiger partial charge >= 0.3 is 0 Å². The van der Waals surface area contributed by atoms with Gasteiger partial charge in [-0.2, -0.15) is 0 Å². The Labute approximate surface area is 86.3 Å². The molecule has 0 N–H and O–H groups in total. The Balaban J connectivity index is 2.94. The normalized spacial score (nSPS) is 11.9. The Morgan fingerprint density at radius 3 is 2.14 bits per heavy atom. The lowest BCUT2D eigenvalue weighted by Gasteiger charge is -2.18. The Morgan fingerprint density at radius 2 is 1.71 bits per heavy atom. The fourth-order valence-electron chi connectivity index (χ4n) is 1.38. The number of rotatable bonds is 2. The molecule has 0 spiro atoms. The lowest BCUT2D eigenvalue weighted by molar-refractivity contribution is 0.575. The van der Waals surface area contributed by atoms with E-state index in [0.717, 1.165) is 11.5 Å². The molecule has 0 fully saturated rings. The number of amidine groups is 1. The molecule has 0 radical (unpaired) electrons. The monoisotopic (exact) mass is 190 g/mol. The number of para-hydroxylation sites is 1. The molecule has 0 atom stereocenters. The molecule has 0 bridgehead atoms. The molecule has 0 amide bonds. The van der Waals surface area contributed by atoms with Crippen molar-refractivity contribution in [1.29, 1.82) is 0 Å². The van der Waals surface area contributed by atoms with Crippen molar-refractivity contribution in [3.05, 3.63) is 30.3 Å². The highest BCUT2D eigenvalue weighted by Crippen LogP contribution is 2.13. The van der Waals surface area contributed by atoms with Crippen LogP contribution in [0, 0.1) is 5.92 Å². The minimum absolute atomic E-state index is 0.449. The lowest BCUT2D eigenvalue weighted by Crippen LogP contribution is -2.26. The second-order valence-electron chi connectivity index (χ2n) is 3.85. The summed E-state index contributed by atoms with van der Waals surface area (Å²) in [6.07, 6.45) is 0. The van der Waals surface area contributed by atoms with E-state index < -0.39 is 0 Å². The van der Waals surface area contributed by atoms with Crippen molar-refractivity contribution in [2.24, 2.45) is 10.9 Å². The molecule has 0 saturated carbocycles. The molecule has 2 nitrogen and oxygen atoms in total. The van der Waals surface area contributed by atoms with Gasteiger partial charge in [0.25, 0.3) is 0 Å². The zero-order chi connectivity index (χ0) is 10.6. The summed E-state index contributed by atoms with van der Waals surface area (Å²) < 4.78 is 0. The van der Waals surface area contributed by atoms with Crippen molar-refractivity contribution < 1.29 is 0 Å². The average molecular weight is 190 g/mol. The van der Waals surface area contributed by atoms with Gasteiger partial charge in [0, 0.05) is 20.0 Å². The summed E-state index contributed by atoms with van der Waals surface area (Å²) in [5.41, 5.74) is 1.02. The summed E-state index contributed by atoms with van der Waals surface area (Å²) in [6.45, 7) is 4.31. The van der Waals surface area contributed by atoms with Crippen LogP contribution in [0.5, 0.6) is 0 Å². The fraction of sp³-hybridized carbons (Fsp3) is 0.417. The molecule has 14 heavy (non-hydrogen) atoms. The van der Waals surface area contributed by atoms with Gasteiger partial charge < -0.3 is 4.90 Å². The number of hydrogen-bond acceptors (Lipinski definition) is 1. The average Bonchev–Trinajstić information content (AvgIpc) is 2.15. The summed E-state index contributed by atoms with van der Waals surface area (Å²) >= 11 is 0. The Hall–Kier alpha value is -1.31. The maximum atomic E-state index is 4.60. The van der Waals surface area contributed by atoms with Crippen molar-refractivity contribution in [2.45, 2.75) is 13.8 Å². The van der Waals surface area contributed by atoms with Crippen LogP contribution in [0.3, 0.4) is 0 Å². The Kier molecular flexibility index (Phi) is 3.69. The summed E-state index contributed by atoms with van der Waals surface area (Å²) in [5.74, 6) is 1.56. The molecule has 2 heteroatoms. The van der Waals surface area contributed by atoms with Crippen molar-refractivity contribution in [3.63, 3.8) is 0 Å². The smallest absolute Gasteiger partial charge is 0.107 e. The van der Waals surface area contributed by atoms with Crippen LogP contribution in [-0.4, -0.2) is 24.8 Å². The quantitative estimate of drug-likeness (QED) is 0.517. The second kappa shape index (κ2) is 4.80. The van der Waals surface area contributed by atoms with Gasteiger partial charge in [-0.1, -0.05) is 32.0 Å². The maximum Gasteiger partial charge on any atom is 0.107 e.